The summed E-state index contributed by atoms with van der Waals surface area (Å²) in [5, 5.41) is 27.7. The average Bonchev–Trinajstić information content (AvgIpc) is 3.12. The van der Waals surface area contributed by atoms with E-state index in [0.29, 0.717) is 25.1 Å². The highest BCUT2D eigenvalue weighted by molar-refractivity contribution is 5.84. The van der Waals surface area contributed by atoms with E-state index in [9.17, 15) is 19.5 Å². The first kappa shape index (κ1) is 22.7. The monoisotopic (exact) mass is 407 g/mol. The van der Waals surface area contributed by atoms with E-state index in [1.54, 1.807) is 6.08 Å². The Morgan fingerprint density at radius 2 is 1.97 bits per heavy atom. The maximum Gasteiger partial charge on any atom is 0.371 e. The van der Waals surface area contributed by atoms with Crippen LogP contribution in [0.4, 0.5) is 0 Å². The molecular weight excluding hydrogens is 378 g/mol. The molecule has 2 rings (SSSR count). The number of aliphatic hydroxyl groups is 1. The van der Waals surface area contributed by atoms with Crippen LogP contribution >= 0.6 is 0 Å². The zero-order chi connectivity index (χ0) is 21.2. The van der Waals surface area contributed by atoms with E-state index in [1.807, 2.05) is 11.0 Å². The van der Waals surface area contributed by atoms with Crippen molar-refractivity contribution < 1.29 is 34.1 Å². The molecule has 1 amide bonds. The third-order valence-electron chi connectivity index (χ3n) is 4.99. The van der Waals surface area contributed by atoms with E-state index in [2.05, 4.69) is 0 Å². The predicted molar refractivity (Wildman–Crippen MR) is 105 cm³/mol. The van der Waals surface area contributed by atoms with Crippen LogP contribution < -0.4 is 0 Å². The van der Waals surface area contributed by atoms with Crippen LogP contribution in [0.3, 0.4) is 0 Å². The first-order chi connectivity index (χ1) is 13.9. The molecule has 1 aromatic rings. The van der Waals surface area contributed by atoms with Gasteiger partial charge in [0.15, 0.2) is 0 Å². The summed E-state index contributed by atoms with van der Waals surface area (Å²) in [6.45, 7) is 0.622. The Bertz CT molecular complexity index is 724. The number of hydrogen-bond donors (Lipinski definition) is 3. The zero-order valence-electron chi connectivity index (χ0n) is 16.5. The lowest BCUT2D eigenvalue weighted by Crippen LogP contribution is -2.43. The number of aliphatic carboxylic acids is 1. The van der Waals surface area contributed by atoms with Crippen molar-refractivity contribution in [3.05, 3.63) is 35.8 Å². The lowest BCUT2D eigenvalue weighted by molar-refractivity contribution is -0.137. The molecule has 1 fully saturated rings. The smallest absolute Gasteiger partial charge is 0.371 e. The molecule has 29 heavy (non-hydrogen) atoms. The normalized spacial score (nSPS) is 18.3. The van der Waals surface area contributed by atoms with Crippen molar-refractivity contribution in [2.24, 2.45) is 0 Å². The number of unbranched alkanes of at least 4 members (excludes halogenated alkanes) is 3. The van der Waals surface area contributed by atoms with Gasteiger partial charge in [0, 0.05) is 25.8 Å². The van der Waals surface area contributed by atoms with Gasteiger partial charge in [0.05, 0.1) is 12.1 Å². The van der Waals surface area contributed by atoms with Gasteiger partial charge in [-0.05, 0) is 37.8 Å². The van der Waals surface area contributed by atoms with Crippen LogP contribution in [0.5, 0.6) is 0 Å². The molecule has 1 aromatic heterocycles. The number of carboxylic acid groups (broad SMARTS) is 2. The SMILES string of the molecule is O=C(O)CCCCCCN1C(=O)CCC[C@@H]1/C=C/C(O)Cc1ccc(C(=O)O)o1. The quantitative estimate of drug-likeness (QED) is 0.359. The molecule has 1 aliphatic rings. The van der Waals surface area contributed by atoms with Crippen molar-refractivity contribution in [1.29, 1.82) is 0 Å². The third-order valence-corrected chi connectivity index (χ3v) is 4.99. The summed E-state index contributed by atoms with van der Waals surface area (Å²) >= 11 is 0. The molecule has 3 N–H and O–H groups in total. The van der Waals surface area contributed by atoms with E-state index in [0.717, 1.165) is 32.1 Å². The van der Waals surface area contributed by atoms with Crippen LogP contribution in [0.1, 0.15) is 67.7 Å². The predicted octanol–water partition coefficient (Wildman–Crippen LogP) is 2.85. The van der Waals surface area contributed by atoms with Gasteiger partial charge in [-0.2, -0.15) is 0 Å². The average molecular weight is 407 g/mol. The van der Waals surface area contributed by atoms with Crippen molar-refractivity contribution in [2.75, 3.05) is 6.54 Å². The Morgan fingerprint density at radius 1 is 1.21 bits per heavy atom. The zero-order valence-corrected chi connectivity index (χ0v) is 16.5. The lowest BCUT2D eigenvalue weighted by Gasteiger charge is -2.34. The van der Waals surface area contributed by atoms with E-state index in [4.69, 9.17) is 14.6 Å². The molecule has 0 spiro atoms. The topological polar surface area (TPSA) is 128 Å². The fourth-order valence-electron chi connectivity index (χ4n) is 3.48. The number of aromatic carboxylic acids is 1. The number of likely N-dealkylation sites (tertiary alicyclic amines) is 1. The number of carboxylic acids is 2. The van der Waals surface area contributed by atoms with E-state index >= 15 is 0 Å². The maximum absolute atomic E-state index is 12.3. The van der Waals surface area contributed by atoms with Crippen LogP contribution in [-0.4, -0.2) is 56.8 Å². The molecule has 0 saturated carbocycles. The molecule has 8 heteroatoms. The Kier molecular flexibility index (Phi) is 8.92. The maximum atomic E-state index is 12.3. The van der Waals surface area contributed by atoms with Gasteiger partial charge in [0.2, 0.25) is 11.7 Å². The Morgan fingerprint density at radius 3 is 2.66 bits per heavy atom. The summed E-state index contributed by atoms with van der Waals surface area (Å²) in [6, 6.07) is 2.81. The highest BCUT2D eigenvalue weighted by Crippen LogP contribution is 2.21. The number of nitrogens with zero attached hydrogens (tertiary/aromatic N) is 1. The number of rotatable bonds is 12. The number of amides is 1. The summed E-state index contributed by atoms with van der Waals surface area (Å²) in [6.07, 6.45) is 8.31. The number of furan rings is 1. The van der Waals surface area contributed by atoms with Gasteiger partial charge in [0.1, 0.15) is 5.76 Å². The molecule has 0 aliphatic carbocycles. The Balaban J connectivity index is 1.82. The fourth-order valence-corrected chi connectivity index (χ4v) is 3.48. The van der Waals surface area contributed by atoms with Crippen LogP contribution in [0.25, 0.3) is 0 Å². The number of piperidine rings is 1. The van der Waals surface area contributed by atoms with E-state index in [1.165, 1.54) is 12.1 Å². The van der Waals surface area contributed by atoms with E-state index < -0.39 is 18.0 Å². The summed E-state index contributed by atoms with van der Waals surface area (Å²) in [5.41, 5.74) is 0. The largest absolute Gasteiger partial charge is 0.481 e. The van der Waals surface area contributed by atoms with E-state index in [-0.39, 0.29) is 30.6 Å². The minimum absolute atomic E-state index is 0.0731. The highest BCUT2D eigenvalue weighted by Gasteiger charge is 2.25. The Hall–Kier alpha value is -2.61. The summed E-state index contributed by atoms with van der Waals surface area (Å²) in [4.78, 5) is 35.5. The molecule has 2 heterocycles. The van der Waals surface area contributed by atoms with Crippen molar-refractivity contribution in [3.63, 3.8) is 0 Å². The minimum Gasteiger partial charge on any atom is -0.481 e. The summed E-state index contributed by atoms with van der Waals surface area (Å²) in [7, 11) is 0. The van der Waals surface area contributed by atoms with Gasteiger partial charge in [-0.15, -0.1) is 0 Å². The molecule has 0 bridgehead atoms. The molecule has 160 valence electrons. The van der Waals surface area contributed by atoms with Gasteiger partial charge in [-0.1, -0.05) is 25.0 Å². The molecule has 1 saturated heterocycles. The van der Waals surface area contributed by atoms with Crippen molar-refractivity contribution in [3.8, 4) is 0 Å². The summed E-state index contributed by atoms with van der Waals surface area (Å²) < 4.78 is 5.15. The van der Waals surface area contributed by atoms with Gasteiger partial charge >= 0.3 is 11.9 Å². The molecule has 1 aliphatic heterocycles. The van der Waals surface area contributed by atoms with Gasteiger partial charge < -0.3 is 24.6 Å². The van der Waals surface area contributed by atoms with Gasteiger partial charge in [-0.3, -0.25) is 9.59 Å². The van der Waals surface area contributed by atoms with Gasteiger partial charge in [0.25, 0.3) is 0 Å². The summed E-state index contributed by atoms with van der Waals surface area (Å²) in [5.74, 6) is -1.61. The molecule has 0 aromatic carbocycles. The van der Waals surface area contributed by atoms with Crippen molar-refractivity contribution >= 4 is 17.8 Å². The first-order valence-electron chi connectivity index (χ1n) is 10.1. The number of carbonyl (C=O) groups excluding carboxylic acids is 1. The number of carbonyl (C=O) groups is 3. The highest BCUT2D eigenvalue weighted by atomic mass is 16.4. The second-order valence-electron chi connectivity index (χ2n) is 7.33. The second-order valence-corrected chi connectivity index (χ2v) is 7.33. The van der Waals surface area contributed by atoms with Crippen LogP contribution in [-0.2, 0) is 16.0 Å². The second kappa shape index (κ2) is 11.4. The molecular formula is C21H29NO7. The molecule has 8 nitrogen and oxygen atoms in total. The van der Waals surface area contributed by atoms with Gasteiger partial charge in [-0.25, -0.2) is 4.79 Å². The minimum atomic E-state index is -1.15. The first-order valence-corrected chi connectivity index (χ1v) is 10.1. The van der Waals surface area contributed by atoms with Crippen molar-refractivity contribution in [1.82, 2.24) is 4.90 Å². The van der Waals surface area contributed by atoms with Crippen LogP contribution in [0, 0.1) is 0 Å². The molecule has 1 unspecified atom stereocenters. The number of aliphatic hydroxyl groups excluding tert-OH is 1. The van der Waals surface area contributed by atoms with Crippen LogP contribution in [0.15, 0.2) is 28.7 Å². The van der Waals surface area contributed by atoms with Crippen molar-refractivity contribution in [2.45, 2.75) is 69.9 Å². The third kappa shape index (κ3) is 7.73. The Labute approximate surface area is 169 Å². The standard InChI is InChI=1S/C21H29NO7/c23-16(14-17-11-12-18(29-17)21(27)28)10-9-15-6-5-7-19(24)22(15)13-4-2-1-3-8-20(25)26/h9-12,15-16,23H,1-8,13-14H2,(H,25,26)(H,27,28)/b10-9+/t15-,16?/m1/s1. The fraction of sp³-hybridized carbons (Fsp3) is 0.571. The molecule has 2 atom stereocenters. The molecule has 0 radical (unpaired) electrons. The number of hydrogen-bond acceptors (Lipinski definition) is 5. The van der Waals surface area contributed by atoms with Crippen LogP contribution in [0.2, 0.25) is 0 Å². The lowest BCUT2D eigenvalue weighted by atomic mass is 9.99.